The van der Waals surface area contributed by atoms with Gasteiger partial charge < -0.3 is 15.5 Å². The summed E-state index contributed by atoms with van der Waals surface area (Å²) in [5.41, 5.74) is 3.49. The highest BCUT2D eigenvalue weighted by atomic mass is 32.1. The number of aromatic nitrogens is 2. The van der Waals surface area contributed by atoms with E-state index in [4.69, 9.17) is 4.99 Å². The molecule has 0 fully saturated rings. The molecule has 1 amide bonds. The lowest BCUT2D eigenvalue weighted by molar-refractivity contribution is -0.127. The molecule has 8 heteroatoms. The van der Waals surface area contributed by atoms with Crippen LogP contribution in [-0.4, -0.2) is 53.7 Å². The average Bonchev–Trinajstić information content (AvgIpc) is 3.30. The first-order valence-corrected chi connectivity index (χ1v) is 10.6. The lowest BCUT2D eigenvalue weighted by atomic mass is 10.1. The van der Waals surface area contributed by atoms with Crippen LogP contribution in [-0.2, 0) is 37.6 Å². The molecule has 0 aromatic carbocycles. The third kappa shape index (κ3) is 6.09. The second-order valence-corrected chi connectivity index (χ2v) is 7.80. The van der Waals surface area contributed by atoms with Gasteiger partial charge in [-0.25, -0.2) is 4.99 Å². The van der Waals surface area contributed by atoms with Crippen molar-refractivity contribution in [2.75, 3.05) is 27.2 Å². The summed E-state index contributed by atoms with van der Waals surface area (Å²) in [5.74, 6) is 0.664. The number of rotatable bonds is 9. The predicted molar refractivity (Wildman–Crippen MR) is 116 cm³/mol. The van der Waals surface area contributed by atoms with Crippen molar-refractivity contribution in [3.63, 3.8) is 0 Å². The van der Waals surface area contributed by atoms with Gasteiger partial charge in [0.1, 0.15) is 0 Å². The van der Waals surface area contributed by atoms with E-state index in [1.807, 2.05) is 11.7 Å². The molecule has 0 aliphatic rings. The smallest absolute Gasteiger partial charge is 0.241 e. The molecule has 2 aromatic heterocycles. The second kappa shape index (κ2) is 10.8. The largest absolute Gasteiger partial charge is 0.356 e. The van der Waals surface area contributed by atoms with Gasteiger partial charge in [0.25, 0.3) is 0 Å². The van der Waals surface area contributed by atoms with Crippen LogP contribution in [0.2, 0.25) is 0 Å². The van der Waals surface area contributed by atoms with Crippen LogP contribution in [0.3, 0.4) is 0 Å². The summed E-state index contributed by atoms with van der Waals surface area (Å²) in [5, 5.41) is 13.2. The normalized spacial score (nSPS) is 11.5. The number of nitrogens with zero attached hydrogens (tertiary/aromatic N) is 4. The van der Waals surface area contributed by atoms with Crippen molar-refractivity contribution in [1.82, 2.24) is 25.3 Å². The topological polar surface area (TPSA) is 74.5 Å². The fourth-order valence-corrected chi connectivity index (χ4v) is 3.69. The second-order valence-electron chi connectivity index (χ2n) is 6.77. The Morgan fingerprint density at radius 1 is 1.29 bits per heavy atom. The maximum absolute atomic E-state index is 12.0. The number of aliphatic imine (C=N–C) groups is 1. The highest BCUT2D eigenvalue weighted by Gasteiger charge is 2.14. The Morgan fingerprint density at radius 2 is 2.07 bits per heavy atom. The monoisotopic (exact) mass is 404 g/mol. The highest BCUT2D eigenvalue weighted by Crippen LogP contribution is 2.16. The van der Waals surface area contributed by atoms with Gasteiger partial charge in [0.15, 0.2) is 5.96 Å². The Labute approximate surface area is 171 Å². The van der Waals surface area contributed by atoms with E-state index < -0.39 is 0 Å². The van der Waals surface area contributed by atoms with Crippen LogP contribution in [0.4, 0.5) is 0 Å². The maximum atomic E-state index is 12.0. The summed E-state index contributed by atoms with van der Waals surface area (Å²) < 4.78 is 1.95. The van der Waals surface area contributed by atoms with Crippen LogP contribution in [0.1, 0.15) is 35.7 Å². The number of hydrogen-bond donors (Lipinski definition) is 2. The molecule has 0 saturated heterocycles. The van der Waals surface area contributed by atoms with Crippen molar-refractivity contribution < 1.29 is 4.79 Å². The number of guanidine groups is 1. The fourth-order valence-electron chi connectivity index (χ4n) is 2.98. The van der Waals surface area contributed by atoms with Crippen molar-refractivity contribution >= 4 is 23.2 Å². The number of thiophene rings is 1. The molecule has 7 nitrogen and oxygen atoms in total. The van der Waals surface area contributed by atoms with Crippen LogP contribution >= 0.6 is 11.3 Å². The molecule has 2 rings (SSSR count). The van der Waals surface area contributed by atoms with Gasteiger partial charge in [-0.2, -0.15) is 5.10 Å². The van der Waals surface area contributed by atoms with Gasteiger partial charge in [0.05, 0.1) is 18.8 Å². The van der Waals surface area contributed by atoms with E-state index in [1.54, 1.807) is 30.3 Å². The zero-order valence-corrected chi connectivity index (χ0v) is 18.4. The molecule has 0 bridgehead atoms. The molecule has 0 radical (unpaired) electrons. The van der Waals surface area contributed by atoms with Gasteiger partial charge in [-0.1, -0.05) is 19.9 Å². The van der Waals surface area contributed by atoms with E-state index >= 15 is 0 Å². The fraction of sp³-hybridized carbons (Fsp3) is 0.550. The van der Waals surface area contributed by atoms with Crippen molar-refractivity contribution in [2.45, 2.75) is 39.7 Å². The molecule has 0 aliphatic carbocycles. The van der Waals surface area contributed by atoms with Crippen LogP contribution in [0, 0.1) is 0 Å². The number of hydrogen-bond acceptors (Lipinski definition) is 4. The molecule has 0 atom stereocenters. The molecular formula is C20H32N6OS. The lowest BCUT2D eigenvalue weighted by Gasteiger charge is -2.15. The van der Waals surface area contributed by atoms with Crippen molar-refractivity contribution in [1.29, 1.82) is 0 Å². The summed E-state index contributed by atoms with van der Waals surface area (Å²) in [7, 11) is 5.49. The Bertz CT molecular complexity index is 779. The Balaban J connectivity index is 2.09. The third-order valence-corrected chi connectivity index (χ3v) is 5.51. The summed E-state index contributed by atoms with van der Waals surface area (Å²) >= 11 is 1.75. The van der Waals surface area contributed by atoms with Crippen LogP contribution in [0.15, 0.2) is 22.5 Å². The molecule has 0 unspecified atom stereocenters. The third-order valence-electron chi connectivity index (χ3n) is 4.57. The van der Waals surface area contributed by atoms with Gasteiger partial charge in [-0.05, 0) is 30.7 Å². The molecule has 2 N–H and O–H groups in total. The van der Waals surface area contributed by atoms with E-state index in [1.165, 1.54) is 16.1 Å². The SMILES string of the molecule is CCc1nn(C)c(CC)c1CN=C(NCCc1cccs1)NCC(=O)N(C)C. The maximum Gasteiger partial charge on any atom is 0.241 e. The zero-order valence-electron chi connectivity index (χ0n) is 17.6. The molecule has 28 heavy (non-hydrogen) atoms. The highest BCUT2D eigenvalue weighted by molar-refractivity contribution is 7.09. The van der Waals surface area contributed by atoms with Crippen LogP contribution in [0.25, 0.3) is 0 Å². The summed E-state index contributed by atoms with van der Waals surface area (Å²) in [6.45, 7) is 5.77. The minimum absolute atomic E-state index is 0.0117. The van der Waals surface area contributed by atoms with Crippen LogP contribution < -0.4 is 10.6 Å². The molecule has 2 aromatic rings. The first-order chi connectivity index (χ1) is 13.5. The molecular weight excluding hydrogens is 372 g/mol. The van der Waals surface area contributed by atoms with E-state index in [2.05, 4.69) is 47.1 Å². The van der Waals surface area contributed by atoms with Gasteiger partial charge in [0, 0.05) is 43.8 Å². The lowest BCUT2D eigenvalue weighted by Crippen LogP contribution is -2.43. The number of carbonyl (C=O) groups is 1. The van der Waals surface area contributed by atoms with Gasteiger partial charge in [0.2, 0.25) is 5.91 Å². The standard InChI is InChI=1S/C20H32N6OS/c1-6-17-16(18(7-2)26(5)24-17)13-22-20(23-14-19(27)25(3)4)21-11-10-15-9-8-12-28-15/h8-9,12H,6-7,10-11,13-14H2,1-5H3,(H2,21,22,23). The Morgan fingerprint density at radius 3 is 2.68 bits per heavy atom. The van der Waals surface area contributed by atoms with Gasteiger partial charge in [-0.3, -0.25) is 9.48 Å². The Kier molecular flexibility index (Phi) is 8.50. The van der Waals surface area contributed by atoms with Crippen molar-refractivity contribution in [2.24, 2.45) is 12.0 Å². The van der Waals surface area contributed by atoms with Crippen LogP contribution in [0.5, 0.6) is 0 Å². The van der Waals surface area contributed by atoms with E-state index in [0.717, 1.165) is 31.5 Å². The minimum atomic E-state index is 0.0117. The van der Waals surface area contributed by atoms with E-state index in [-0.39, 0.29) is 12.5 Å². The van der Waals surface area contributed by atoms with E-state index in [0.29, 0.717) is 12.5 Å². The number of aryl methyl sites for hydroxylation is 2. The number of amides is 1. The first kappa shape index (κ1) is 21.9. The average molecular weight is 405 g/mol. The minimum Gasteiger partial charge on any atom is -0.356 e. The quantitative estimate of drug-likeness (QED) is 0.495. The summed E-state index contributed by atoms with van der Waals surface area (Å²) in [6, 6.07) is 4.19. The predicted octanol–water partition coefficient (Wildman–Crippen LogP) is 1.97. The van der Waals surface area contributed by atoms with Crippen molar-refractivity contribution in [3.05, 3.63) is 39.3 Å². The molecule has 154 valence electrons. The number of carbonyl (C=O) groups excluding carboxylic acids is 1. The summed E-state index contributed by atoms with van der Waals surface area (Å²) in [4.78, 5) is 19.6. The molecule has 0 spiro atoms. The Hall–Kier alpha value is -2.35. The molecule has 0 saturated carbocycles. The summed E-state index contributed by atoms with van der Waals surface area (Å²) in [6.07, 6.45) is 2.72. The first-order valence-electron chi connectivity index (χ1n) is 9.74. The van der Waals surface area contributed by atoms with E-state index in [9.17, 15) is 4.79 Å². The number of likely N-dealkylation sites (N-methyl/N-ethyl adjacent to an activating group) is 1. The molecule has 0 aliphatic heterocycles. The van der Waals surface area contributed by atoms with Gasteiger partial charge >= 0.3 is 0 Å². The number of nitrogens with one attached hydrogen (secondary N) is 2. The van der Waals surface area contributed by atoms with Crippen molar-refractivity contribution in [3.8, 4) is 0 Å². The molecule has 2 heterocycles. The zero-order chi connectivity index (χ0) is 20.5. The van der Waals surface area contributed by atoms with Gasteiger partial charge in [-0.15, -0.1) is 11.3 Å².